The van der Waals surface area contributed by atoms with Crippen LogP contribution in [0.1, 0.15) is 32.8 Å². The highest BCUT2D eigenvalue weighted by Crippen LogP contribution is 2.25. The Hall–Kier alpha value is -1.58. The summed E-state index contributed by atoms with van der Waals surface area (Å²) in [6, 6.07) is 4.76. The van der Waals surface area contributed by atoms with Gasteiger partial charge in [-0.05, 0) is 51.3 Å². The molecule has 0 aromatic heterocycles. The van der Waals surface area contributed by atoms with Crippen molar-refractivity contribution < 1.29 is 19.0 Å². The van der Waals surface area contributed by atoms with Gasteiger partial charge in [0.25, 0.3) is 0 Å². The fraction of sp³-hybridized carbons (Fsp3) is 0.500. The second-order valence-corrected chi connectivity index (χ2v) is 4.89. The number of carboxylic acids is 1. The van der Waals surface area contributed by atoms with E-state index in [2.05, 4.69) is 0 Å². The molecule has 0 aliphatic rings. The van der Waals surface area contributed by atoms with Crippen LogP contribution in [0.3, 0.4) is 0 Å². The number of aryl methyl sites for hydroxylation is 1. The Labute approximate surface area is 107 Å². The van der Waals surface area contributed by atoms with E-state index in [9.17, 15) is 9.18 Å². The molecule has 100 valence electrons. The van der Waals surface area contributed by atoms with E-state index in [1.807, 2.05) is 0 Å². The molecule has 1 N–H and O–H groups in total. The molecule has 0 saturated heterocycles. The molecule has 0 saturated carbocycles. The monoisotopic (exact) mass is 254 g/mol. The van der Waals surface area contributed by atoms with Gasteiger partial charge in [-0.3, -0.25) is 4.79 Å². The molecular formula is C14H19FO3. The Bertz CT molecular complexity index is 427. The normalized spacial score (nSPS) is 11.3. The molecule has 1 aromatic carbocycles. The summed E-state index contributed by atoms with van der Waals surface area (Å²) in [4.78, 5) is 11.0. The molecule has 0 heterocycles. The van der Waals surface area contributed by atoms with Gasteiger partial charge in [0, 0.05) is 0 Å². The van der Waals surface area contributed by atoms with Crippen LogP contribution in [0.15, 0.2) is 18.2 Å². The van der Waals surface area contributed by atoms with Crippen molar-refractivity contribution >= 4 is 5.97 Å². The summed E-state index contributed by atoms with van der Waals surface area (Å²) in [7, 11) is 0. The molecule has 0 unspecified atom stereocenters. The van der Waals surface area contributed by atoms with Gasteiger partial charge in [-0.2, -0.15) is 0 Å². The van der Waals surface area contributed by atoms with Crippen LogP contribution < -0.4 is 4.74 Å². The molecule has 3 nitrogen and oxygen atoms in total. The molecular weight excluding hydrogens is 235 g/mol. The van der Waals surface area contributed by atoms with Crippen molar-refractivity contribution in [2.45, 2.75) is 33.6 Å². The van der Waals surface area contributed by atoms with Crippen LogP contribution in [0.5, 0.6) is 5.75 Å². The molecule has 0 atom stereocenters. The lowest BCUT2D eigenvalue weighted by molar-refractivity contribution is -0.147. The zero-order valence-corrected chi connectivity index (χ0v) is 11.0. The van der Waals surface area contributed by atoms with Crippen LogP contribution in [0.25, 0.3) is 0 Å². The maximum absolute atomic E-state index is 13.6. The topological polar surface area (TPSA) is 46.5 Å². The van der Waals surface area contributed by atoms with Gasteiger partial charge >= 0.3 is 5.97 Å². The lowest BCUT2D eigenvalue weighted by Gasteiger charge is -2.18. The van der Waals surface area contributed by atoms with Crippen LogP contribution in [0.4, 0.5) is 4.39 Å². The van der Waals surface area contributed by atoms with E-state index in [0.29, 0.717) is 19.4 Å². The number of ether oxygens (including phenoxy) is 1. The number of benzene rings is 1. The highest BCUT2D eigenvalue weighted by atomic mass is 19.1. The largest absolute Gasteiger partial charge is 0.491 e. The molecule has 0 spiro atoms. The summed E-state index contributed by atoms with van der Waals surface area (Å²) < 4.78 is 18.7. The smallest absolute Gasteiger partial charge is 0.309 e. The van der Waals surface area contributed by atoms with Gasteiger partial charge in [-0.1, -0.05) is 6.07 Å². The van der Waals surface area contributed by atoms with Gasteiger partial charge < -0.3 is 9.84 Å². The molecule has 4 heteroatoms. The van der Waals surface area contributed by atoms with Crippen molar-refractivity contribution in [1.82, 2.24) is 0 Å². The fourth-order valence-corrected chi connectivity index (χ4v) is 1.54. The number of halogens is 1. The molecule has 0 fully saturated rings. The summed E-state index contributed by atoms with van der Waals surface area (Å²) in [6.07, 6.45) is 0.998. The minimum absolute atomic E-state index is 0.235. The van der Waals surface area contributed by atoms with Crippen molar-refractivity contribution in [3.8, 4) is 5.75 Å². The maximum Gasteiger partial charge on any atom is 0.309 e. The van der Waals surface area contributed by atoms with Crippen molar-refractivity contribution in [1.29, 1.82) is 0 Å². The first kappa shape index (κ1) is 14.5. The third-order valence-corrected chi connectivity index (χ3v) is 2.91. The summed E-state index contributed by atoms with van der Waals surface area (Å²) in [5, 5.41) is 8.99. The fourth-order valence-electron chi connectivity index (χ4n) is 1.54. The Kier molecular flexibility index (Phi) is 4.70. The molecule has 1 aromatic rings. The Morgan fingerprint density at radius 3 is 2.61 bits per heavy atom. The summed E-state index contributed by atoms with van der Waals surface area (Å²) in [5.41, 5.74) is -0.0139. The quantitative estimate of drug-likeness (QED) is 0.847. The highest BCUT2D eigenvalue weighted by molar-refractivity contribution is 5.73. The molecule has 1 rings (SSSR count). The molecule has 0 aliphatic carbocycles. The number of rotatable bonds is 6. The predicted molar refractivity (Wildman–Crippen MR) is 67.3 cm³/mol. The molecule has 0 radical (unpaired) electrons. The average Bonchev–Trinajstić information content (AvgIpc) is 2.30. The van der Waals surface area contributed by atoms with Crippen molar-refractivity contribution in [2.24, 2.45) is 5.41 Å². The van der Waals surface area contributed by atoms with Crippen LogP contribution >= 0.6 is 0 Å². The minimum atomic E-state index is -0.839. The second-order valence-electron chi connectivity index (χ2n) is 4.89. The molecule has 0 aliphatic heterocycles. The Morgan fingerprint density at radius 1 is 1.44 bits per heavy atom. The summed E-state index contributed by atoms with van der Waals surface area (Å²) >= 11 is 0. The van der Waals surface area contributed by atoms with Gasteiger partial charge in [0.2, 0.25) is 0 Å². The van der Waals surface area contributed by atoms with Gasteiger partial charge in [-0.15, -0.1) is 0 Å². The predicted octanol–water partition coefficient (Wildman–Crippen LogP) is 3.27. The SMILES string of the molecule is CCOc1ccc(CCC(C)(C)C(=O)O)cc1F. The van der Waals surface area contributed by atoms with Crippen molar-refractivity contribution in [3.63, 3.8) is 0 Å². The third kappa shape index (κ3) is 3.72. The summed E-state index contributed by atoms with van der Waals surface area (Å²) in [5.74, 6) is -1.00. The number of hydrogen-bond donors (Lipinski definition) is 1. The summed E-state index contributed by atoms with van der Waals surface area (Å²) in [6.45, 7) is 5.55. The lowest BCUT2D eigenvalue weighted by Crippen LogP contribution is -2.24. The molecule has 0 bridgehead atoms. The number of carbonyl (C=O) groups is 1. The number of aliphatic carboxylic acids is 1. The first-order valence-corrected chi connectivity index (χ1v) is 6.01. The average molecular weight is 254 g/mol. The van der Waals surface area contributed by atoms with Crippen LogP contribution in [0.2, 0.25) is 0 Å². The zero-order valence-electron chi connectivity index (χ0n) is 11.0. The second kappa shape index (κ2) is 5.85. The van der Waals surface area contributed by atoms with Crippen LogP contribution in [-0.4, -0.2) is 17.7 Å². The number of hydrogen-bond acceptors (Lipinski definition) is 2. The third-order valence-electron chi connectivity index (χ3n) is 2.91. The number of carboxylic acid groups (broad SMARTS) is 1. The standard InChI is InChI=1S/C14H19FO3/c1-4-18-12-6-5-10(9-11(12)15)7-8-14(2,3)13(16)17/h5-6,9H,4,7-8H2,1-3H3,(H,16,17). The van der Waals surface area contributed by atoms with Gasteiger partial charge in [-0.25, -0.2) is 4.39 Å². The van der Waals surface area contributed by atoms with E-state index in [4.69, 9.17) is 9.84 Å². The lowest BCUT2D eigenvalue weighted by atomic mass is 9.86. The molecule has 0 amide bonds. The van der Waals surface area contributed by atoms with E-state index in [1.54, 1.807) is 32.9 Å². The maximum atomic E-state index is 13.6. The van der Waals surface area contributed by atoms with E-state index in [-0.39, 0.29) is 5.75 Å². The Balaban J connectivity index is 2.69. The van der Waals surface area contributed by atoms with E-state index in [0.717, 1.165) is 5.56 Å². The molecule has 18 heavy (non-hydrogen) atoms. The van der Waals surface area contributed by atoms with Crippen molar-refractivity contribution in [2.75, 3.05) is 6.61 Å². The van der Waals surface area contributed by atoms with Crippen LogP contribution in [0, 0.1) is 11.2 Å². The van der Waals surface area contributed by atoms with Crippen molar-refractivity contribution in [3.05, 3.63) is 29.6 Å². The van der Waals surface area contributed by atoms with E-state index in [1.165, 1.54) is 6.07 Å². The van der Waals surface area contributed by atoms with Gasteiger partial charge in [0.05, 0.1) is 12.0 Å². The van der Waals surface area contributed by atoms with E-state index >= 15 is 0 Å². The van der Waals surface area contributed by atoms with Gasteiger partial charge in [0.15, 0.2) is 11.6 Å². The minimum Gasteiger partial charge on any atom is -0.491 e. The van der Waals surface area contributed by atoms with Gasteiger partial charge in [0.1, 0.15) is 0 Å². The zero-order chi connectivity index (χ0) is 13.8. The first-order valence-electron chi connectivity index (χ1n) is 6.01. The highest BCUT2D eigenvalue weighted by Gasteiger charge is 2.26. The Morgan fingerprint density at radius 2 is 2.11 bits per heavy atom. The first-order chi connectivity index (χ1) is 8.36. The van der Waals surface area contributed by atoms with E-state index < -0.39 is 17.2 Å². The van der Waals surface area contributed by atoms with Crippen LogP contribution in [-0.2, 0) is 11.2 Å².